The summed E-state index contributed by atoms with van der Waals surface area (Å²) in [4.78, 5) is 0. The van der Waals surface area contributed by atoms with Crippen molar-refractivity contribution in [3.05, 3.63) is 41.2 Å². The van der Waals surface area contributed by atoms with Crippen molar-refractivity contribution in [2.24, 2.45) is 15.0 Å². The molecule has 20 heavy (non-hydrogen) atoms. The van der Waals surface area contributed by atoms with Crippen LogP contribution in [0.5, 0.6) is 0 Å². The summed E-state index contributed by atoms with van der Waals surface area (Å²) < 4.78 is 10.7. The second kappa shape index (κ2) is 5.12. The molecular weight excluding hydrogens is 317 g/mol. The zero-order valence-electron chi connectivity index (χ0n) is 11.2. The van der Waals surface area contributed by atoms with Crippen LogP contribution in [0.4, 0.5) is 17.1 Å². The van der Waals surface area contributed by atoms with Crippen LogP contribution in [0, 0.1) is 18.3 Å². The molecule has 1 aromatic heterocycles. The Hall–Kier alpha value is -2.09. The van der Waals surface area contributed by atoms with Crippen LogP contribution in [-0.4, -0.2) is 19.1 Å². The van der Waals surface area contributed by atoms with Crippen molar-refractivity contribution in [2.75, 3.05) is 5.32 Å². The molecule has 0 bridgehead atoms. The molecule has 0 unspecified atom stereocenters. The van der Waals surface area contributed by atoms with Gasteiger partial charge in [0.1, 0.15) is 0 Å². The third-order valence-electron chi connectivity index (χ3n) is 3.51. The summed E-state index contributed by atoms with van der Waals surface area (Å²) in [6, 6.07) is 10.1. The molecule has 6 heteroatoms. The Labute approximate surface area is 123 Å². The van der Waals surface area contributed by atoms with Gasteiger partial charge in [0.05, 0.1) is 0 Å². The summed E-state index contributed by atoms with van der Waals surface area (Å²) in [5.41, 5.74) is 5.85. The fourth-order valence-electron chi connectivity index (χ4n) is 2.19. The van der Waals surface area contributed by atoms with Gasteiger partial charge >= 0.3 is 123 Å². The van der Waals surface area contributed by atoms with Crippen LogP contribution >= 0.6 is 0 Å². The fourth-order valence-corrected chi connectivity index (χ4v) is 3.34. The van der Waals surface area contributed by atoms with E-state index in [0.29, 0.717) is 12.2 Å². The zero-order valence-corrected chi connectivity index (χ0v) is 12.9. The number of rotatable bonds is 3. The Kier molecular flexibility index (Phi) is 3.31. The van der Waals surface area contributed by atoms with Crippen LogP contribution in [-0.2, 0) is 13.6 Å². The predicted molar refractivity (Wildman–Crippen MR) is 78.6 cm³/mol. The molecule has 1 aliphatic heterocycles. The Morgan fingerprint density at radius 3 is 3.00 bits per heavy atom. The first-order valence-electron chi connectivity index (χ1n) is 6.21. The molecule has 1 aromatic carbocycles. The third-order valence-corrected chi connectivity index (χ3v) is 4.65. The molecule has 1 N–H and O–H groups in total. The quantitative estimate of drug-likeness (QED) is 0.750. The van der Waals surface area contributed by atoms with Gasteiger partial charge in [-0.2, -0.15) is 0 Å². The van der Waals surface area contributed by atoms with E-state index in [1.807, 2.05) is 42.8 Å². The molecule has 0 saturated heterocycles. The van der Waals surface area contributed by atoms with Crippen LogP contribution in [0.3, 0.4) is 0 Å². The van der Waals surface area contributed by atoms with Gasteiger partial charge in [0, 0.05) is 0 Å². The van der Waals surface area contributed by atoms with E-state index in [1.165, 1.54) is 0 Å². The molecule has 0 aliphatic carbocycles. The molecule has 5 nitrogen and oxygen atoms in total. The minimum absolute atomic E-state index is 0.0171. The molecule has 0 spiro atoms. The summed E-state index contributed by atoms with van der Waals surface area (Å²) in [5.74, 6) is 0. The van der Waals surface area contributed by atoms with Crippen molar-refractivity contribution in [2.45, 2.75) is 13.5 Å². The van der Waals surface area contributed by atoms with Gasteiger partial charge in [0.15, 0.2) is 0 Å². The van der Waals surface area contributed by atoms with E-state index in [0.717, 1.165) is 28.3 Å². The van der Waals surface area contributed by atoms with Crippen molar-refractivity contribution in [3.8, 4) is 6.07 Å². The first kappa shape index (κ1) is 12.9. The van der Waals surface area contributed by atoms with Gasteiger partial charge < -0.3 is 0 Å². The Morgan fingerprint density at radius 1 is 1.40 bits per heavy atom. The normalized spacial score (nSPS) is 11.8. The molecular formula is C14H13N5Se. The van der Waals surface area contributed by atoms with Gasteiger partial charge in [-0.1, -0.05) is 0 Å². The van der Waals surface area contributed by atoms with E-state index in [-0.39, 0.29) is 14.6 Å². The average Bonchev–Trinajstić information content (AvgIpc) is 3.04. The SMILES string of the molecule is Cc1c(CNc2cccc3c2N=[Se]=N3)cc(C#N)n1C. The number of anilines is 1. The molecule has 100 valence electrons. The second-order valence-electron chi connectivity index (χ2n) is 4.60. The molecule has 0 saturated carbocycles. The number of nitrogens with one attached hydrogen (secondary N) is 1. The first-order valence-corrected chi connectivity index (χ1v) is 7.74. The molecule has 0 radical (unpaired) electrons. The van der Waals surface area contributed by atoms with E-state index in [9.17, 15) is 0 Å². The molecule has 2 aromatic rings. The number of nitriles is 1. The maximum atomic E-state index is 9.05. The van der Waals surface area contributed by atoms with Gasteiger partial charge in [-0.05, 0) is 0 Å². The number of benzene rings is 1. The Bertz CT molecular complexity index is 791. The number of aromatic nitrogens is 1. The summed E-state index contributed by atoms with van der Waals surface area (Å²) in [7, 11) is 1.91. The topological polar surface area (TPSA) is 65.5 Å². The maximum absolute atomic E-state index is 9.05. The van der Waals surface area contributed by atoms with Gasteiger partial charge in [0.25, 0.3) is 0 Å². The van der Waals surface area contributed by atoms with E-state index < -0.39 is 0 Å². The van der Waals surface area contributed by atoms with Crippen molar-refractivity contribution in [1.82, 2.24) is 4.57 Å². The van der Waals surface area contributed by atoms with E-state index in [2.05, 4.69) is 19.3 Å². The predicted octanol–water partition coefficient (Wildman–Crippen LogP) is 3.17. The summed E-state index contributed by atoms with van der Waals surface area (Å²) in [6.45, 7) is 2.70. The van der Waals surface area contributed by atoms with Crippen LogP contribution in [0.1, 0.15) is 17.0 Å². The van der Waals surface area contributed by atoms with Crippen LogP contribution in [0.25, 0.3) is 0 Å². The van der Waals surface area contributed by atoms with Gasteiger partial charge in [-0.3, -0.25) is 0 Å². The molecule has 0 amide bonds. The zero-order chi connectivity index (χ0) is 14.1. The summed E-state index contributed by atoms with van der Waals surface area (Å²) in [5, 5.41) is 12.5. The number of hydrogen-bond donors (Lipinski definition) is 1. The molecule has 2 heterocycles. The number of fused-ring (bicyclic) bond motifs is 1. The minimum atomic E-state index is -0.0171. The van der Waals surface area contributed by atoms with Gasteiger partial charge in [-0.15, -0.1) is 0 Å². The first-order chi connectivity index (χ1) is 9.70. The second-order valence-corrected chi connectivity index (χ2v) is 5.71. The van der Waals surface area contributed by atoms with Crippen LogP contribution in [0.2, 0.25) is 0 Å². The molecule has 1 aliphatic rings. The van der Waals surface area contributed by atoms with Crippen molar-refractivity contribution in [1.29, 1.82) is 5.26 Å². The summed E-state index contributed by atoms with van der Waals surface area (Å²) in [6.07, 6.45) is 0. The van der Waals surface area contributed by atoms with Crippen LogP contribution < -0.4 is 5.32 Å². The van der Waals surface area contributed by atoms with Crippen LogP contribution in [0.15, 0.2) is 32.2 Å². The molecule has 0 fully saturated rings. The van der Waals surface area contributed by atoms with Crippen molar-refractivity contribution >= 4 is 31.6 Å². The standard InChI is InChI=1S/C14H13N5Se/c1-9-10(6-11(7-15)19(9)2)8-16-12-4-3-5-13-14(12)18-20-17-13/h3-6,16H,8H2,1-2H3. The van der Waals surface area contributed by atoms with Gasteiger partial charge in [0.2, 0.25) is 0 Å². The van der Waals surface area contributed by atoms with E-state index >= 15 is 0 Å². The Morgan fingerprint density at radius 2 is 2.25 bits per heavy atom. The van der Waals surface area contributed by atoms with E-state index in [1.54, 1.807) is 0 Å². The number of nitrogens with zero attached hydrogens (tertiary/aromatic N) is 4. The average molecular weight is 330 g/mol. The van der Waals surface area contributed by atoms with Crippen molar-refractivity contribution in [3.63, 3.8) is 0 Å². The van der Waals surface area contributed by atoms with E-state index in [4.69, 9.17) is 5.26 Å². The Balaban J connectivity index is 1.84. The summed E-state index contributed by atoms with van der Waals surface area (Å²) >= 11 is -0.0171. The monoisotopic (exact) mass is 331 g/mol. The fraction of sp³-hybridized carbons (Fsp3) is 0.214. The van der Waals surface area contributed by atoms with Gasteiger partial charge in [-0.25, -0.2) is 0 Å². The van der Waals surface area contributed by atoms with Crippen molar-refractivity contribution < 1.29 is 0 Å². The molecule has 3 rings (SSSR count). The molecule has 0 atom stereocenters. The third kappa shape index (κ3) is 2.11. The number of hydrogen-bond acceptors (Lipinski definition) is 4.